The molecule has 3 aromatic rings. The van der Waals surface area contributed by atoms with Crippen LogP contribution in [0.25, 0.3) is 0 Å². The Labute approximate surface area is 172 Å². The fourth-order valence-electron chi connectivity index (χ4n) is 3.96. The summed E-state index contributed by atoms with van der Waals surface area (Å²) in [5.74, 6) is -1.30. The number of para-hydroxylation sites is 1. The number of nitrogens with zero attached hydrogens (tertiary/aromatic N) is 2. The van der Waals surface area contributed by atoms with Crippen molar-refractivity contribution in [1.29, 1.82) is 0 Å². The van der Waals surface area contributed by atoms with Gasteiger partial charge in [-0.05, 0) is 53.9 Å². The fraction of sp³-hybridized carbons (Fsp3) is 0.0833. The first-order valence-electron chi connectivity index (χ1n) is 9.48. The SMILES string of the molecule is CN1C(=O)c2ccc(Cc3ccc4c(c3)C(=O)N(c3ccccc3)C4=O)cc2C1=O. The molecule has 0 fully saturated rings. The lowest BCUT2D eigenvalue weighted by Gasteiger charge is -2.13. The van der Waals surface area contributed by atoms with Gasteiger partial charge in [0.15, 0.2) is 0 Å². The maximum Gasteiger partial charge on any atom is 0.266 e. The van der Waals surface area contributed by atoms with Gasteiger partial charge in [-0.1, -0.05) is 30.3 Å². The highest BCUT2D eigenvalue weighted by Gasteiger charge is 2.37. The molecule has 2 aliphatic rings. The van der Waals surface area contributed by atoms with Crippen LogP contribution in [-0.2, 0) is 6.42 Å². The minimum Gasteiger partial charge on any atom is -0.277 e. The number of fused-ring (bicyclic) bond motifs is 2. The Morgan fingerprint density at radius 2 is 1.10 bits per heavy atom. The van der Waals surface area contributed by atoms with E-state index in [0.717, 1.165) is 16.0 Å². The molecule has 0 spiro atoms. The molecule has 0 aliphatic carbocycles. The monoisotopic (exact) mass is 396 g/mol. The highest BCUT2D eigenvalue weighted by Crippen LogP contribution is 2.30. The predicted molar refractivity (Wildman–Crippen MR) is 110 cm³/mol. The molecule has 4 amide bonds. The minimum atomic E-state index is -0.348. The quantitative estimate of drug-likeness (QED) is 0.637. The third-order valence-corrected chi connectivity index (χ3v) is 5.53. The van der Waals surface area contributed by atoms with E-state index in [1.165, 1.54) is 11.9 Å². The molecule has 2 heterocycles. The number of carbonyl (C=O) groups excluding carboxylic acids is 4. The Hall–Kier alpha value is -4.06. The van der Waals surface area contributed by atoms with Crippen molar-refractivity contribution in [1.82, 2.24) is 4.90 Å². The summed E-state index contributed by atoms with van der Waals surface area (Å²) in [4.78, 5) is 52.2. The summed E-state index contributed by atoms with van der Waals surface area (Å²) in [5.41, 5.74) is 3.77. The molecule has 0 N–H and O–H groups in total. The van der Waals surface area contributed by atoms with Gasteiger partial charge in [0, 0.05) is 7.05 Å². The van der Waals surface area contributed by atoms with Crippen LogP contribution >= 0.6 is 0 Å². The molecule has 5 rings (SSSR count). The van der Waals surface area contributed by atoms with Crippen molar-refractivity contribution in [3.63, 3.8) is 0 Å². The molecule has 146 valence electrons. The molecule has 0 atom stereocenters. The second kappa shape index (κ2) is 6.49. The molecule has 2 aliphatic heterocycles. The second-order valence-corrected chi connectivity index (χ2v) is 7.39. The molecule has 0 saturated carbocycles. The van der Waals surface area contributed by atoms with Crippen LogP contribution in [-0.4, -0.2) is 35.6 Å². The first-order chi connectivity index (χ1) is 14.5. The van der Waals surface area contributed by atoms with E-state index < -0.39 is 0 Å². The highest BCUT2D eigenvalue weighted by atomic mass is 16.2. The van der Waals surface area contributed by atoms with Gasteiger partial charge in [0.25, 0.3) is 23.6 Å². The molecule has 0 saturated heterocycles. The van der Waals surface area contributed by atoms with Crippen LogP contribution < -0.4 is 4.90 Å². The Morgan fingerprint density at radius 1 is 0.600 bits per heavy atom. The van der Waals surface area contributed by atoms with Gasteiger partial charge in [0.2, 0.25) is 0 Å². The van der Waals surface area contributed by atoms with Crippen molar-refractivity contribution in [2.24, 2.45) is 0 Å². The largest absolute Gasteiger partial charge is 0.277 e. The first kappa shape index (κ1) is 18.0. The van der Waals surface area contributed by atoms with E-state index in [1.54, 1.807) is 54.6 Å². The normalized spacial score (nSPS) is 15.1. The Balaban J connectivity index is 1.46. The van der Waals surface area contributed by atoms with E-state index in [4.69, 9.17) is 0 Å². The summed E-state index contributed by atoms with van der Waals surface area (Å²) in [6.45, 7) is 0. The van der Waals surface area contributed by atoms with Crippen LogP contribution in [0.4, 0.5) is 5.69 Å². The highest BCUT2D eigenvalue weighted by molar-refractivity contribution is 6.34. The van der Waals surface area contributed by atoms with E-state index in [-0.39, 0.29) is 23.6 Å². The van der Waals surface area contributed by atoms with Gasteiger partial charge in [-0.25, -0.2) is 4.90 Å². The zero-order valence-corrected chi connectivity index (χ0v) is 16.1. The van der Waals surface area contributed by atoms with Gasteiger partial charge in [-0.3, -0.25) is 24.1 Å². The van der Waals surface area contributed by atoms with Gasteiger partial charge < -0.3 is 0 Å². The molecule has 30 heavy (non-hydrogen) atoms. The lowest BCUT2D eigenvalue weighted by atomic mass is 9.98. The summed E-state index contributed by atoms with van der Waals surface area (Å²) in [5, 5.41) is 0. The molecule has 0 aromatic heterocycles. The number of carbonyl (C=O) groups is 4. The second-order valence-electron chi connectivity index (χ2n) is 7.39. The van der Waals surface area contributed by atoms with Crippen LogP contribution in [0.3, 0.4) is 0 Å². The average molecular weight is 396 g/mol. The summed E-state index contributed by atoms with van der Waals surface area (Å²) >= 11 is 0. The van der Waals surface area contributed by atoms with Crippen LogP contribution in [0, 0.1) is 0 Å². The lowest BCUT2D eigenvalue weighted by molar-refractivity contribution is 0.0692. The zero-order valence-electron chi connectivity index (χ0n) is 16.1. The summed E-state index contributed by atoms with van der Waals surface area (Å²) in [7, 11) is 1.46. The molecule has 3 aromatic carbocycles. The van der Waals surface area contributed by atoms with Gasteiger partial charge in [0.1, 0.15) is 0 Å². The maximum atomic E-state index is 12.9. The Morgan fingerprint density at radius 3 is 1.73 bits per heavy atom. The Bertz CT molecular complexity index is 1260. The van der Waals surface area contributed by atoms with Gasteiger partial charge in [0.05, 0.1) is 27.9 Å². The number of benzene rings is 3. The van der Waals surface area contributed by atoms with Crippen molar-refractivity contribution in [2.75, 3.05) is 11.9 Å². The molecule has 6 heteroatoms. The lowest BCUT2D eigenvalue weighted by Crippen LogP contribution is -2.29. The molecular formula is C24H16N2O4. The standard InChI is InChI=1S/C24H16N2O4/c1-25-21(27)17-9-7-14(12-19(17)22(25)28)11-15-8-10-18-20(13-15)24(30)26(23(18)29)16-5-3-2-4-6-16/h2-10,12-13H,11H2,1H3. The first-order valence-corrected chi connectivity index (χ1v) is 9.48. The average Bonchev–Trinajstić information content (AvgIpc) is 3.13. The zero-order chi connectivity index (χ0) is 21.0. The topological polar surface area (TPSA) is 74.8 Å². The van der Waals surface area contributed by atoms with Crippen molar-refractivity contribution in [3.8, 4) is 0 Å². The number of anilines is 1. The Kier molecular flexibility index (Phi) is 3.89. The minimum absolute atomic E-state index is 0.302. The van der Waals surface area contributed by atoms with E-state index in [2.05, 4.69) is 0 Å². The smallest absolute Gasteiger partial charge is 0.266 e. The van der Waals surface area contributed by atoms with Crippen molar-refractivity contribution in [3.05, 3.63) is 100 Å². The van der Waals surface area contributed by atoms with Gasteiger partial charge >= 0.3 is 0 Å². The molecule has 0 radical (unpaired) electrons. The van der Waals surface area contributed by atoms with Gasteiger partial charge in [-0.2, -0.15) is 0 Å². The molecule has 0 bridgehead atoms. The number of amides is 4. The van der Waals surface area contributed by atoms with Crippen molar-refractivity contribution < 1.29 is 19.2 Å². The van der Waals surface area contributed by atoms with Crippen LogP contribution in [0.5, 0.6) is 0 Å². The molecular weight excluding hydrogens is 380 g/mol. The van der Waals surface area contributed by atoms with E-state index in [0.29, 0.717) is 34.4 Å². The number of hydrogen-bond acceptors (Lipinski definition) is 4. The van der Waals surface area contributed by atoms with Crippen LogP contribution in [0.2, 0.25) is 0 Å². The maximum absolute atomic E-state index is 12.9. The van der Waals surface area contributed by atoms with E-state index >= 15 is 0 Å². The summed E-state index contributed by atoms with van der Waals surface area (Å²) in [6, 6.07) is 19.2. The number of rotatable bonds is 3. The predicted octanol–water partition coefficient (Wildman–Crippen LogP) is 3.30. The third kappa shape index (κ3) is 2.58. The van der Waals surface area contributed by atoms with E-state index in [9.17, 15) is 19.2 Å². The van der Waals surface area contributed by atoms with Crippen LogP contribution in [0.15, 0.2) is 66.7 Å². The molecule has 6 nitrogen and oxygen atoms in total. The van der Waals surface area contributed by atoms with E-state index in [1.807, 2.05) is 12.1 Å². The summed E-state index contributed by atoms with van der Waals surface area (Å²) < 4.78 is 0. The van der Waals surface area contributed by atoms with Crippen molar-refractivity contribution >= 4 is 29.3 Å². The number of imide groups is 2. The third-order valence-electron chi connectivity index (χ3n) is 5.53. The van der Waals surface area contributed by atoms with Crippen LogP contribution in [0.1, 0.15) is 52.6 Å². The van der Waals surface area contributed by atoms with Crippen molar-refractivity contribution in [2.45, 2.75) is 6.42 Å². The fourth-order valence-corrected chi connectivity index (χ4v) is 3.96. The number of hydrogen-bond donors (Lipinski definition) is 0. The molecule has 0 unspecified atom stereocenters. The summed E-state index contributed by atoms with van der Waals surface area (Å²) in [6.07, 6.45) is 0.471. The van der Waals surface area contributed by atoms with Gasteiger partial charge in [-0.15, -0.1) is 0 Å².